The fourth-order valence-corrected chi connectivity index (χ4v) is 0.936. The van der Waals surface area contributed by atoms with Crippen LogP contribution in [0.3, 0.4) is 0 Å². The third-order valence-corrected chi connectivity index (χ3v) is 1.65. The minimum atomic E-state index is 0.522. The first kappa shape index (κ1) is 8.27. The van der Waals surface area contributed by atoms with Crippen LogP contribution in [0.2, 0.25) is 0 Å². The van der Waals surface area contributed by atoms with Gasteiger partial charge in [-0.25, -0.2) is 4.98 Å². The average molecular weight is 153 g/mol. The molecule has 0 unspecified atom stereocenters. The van der Waals surface area contributed by atoms with E-state index in [0.29, 0.717) is 12.5 Å². The number of hydrogen-bond acceptors (Lipinski definition) is 2. The molecule has 1 aromatic rings. The number of nitrogens with one attached hydrogen (secondary N) is 1. The standard InChI is InChI=1S/C8H15N3/c1-6(2)7-5-10-8(11-7)3-4-9/h5-6H,3-4,9H2,1-2H3,(H,10,11). The van der Waals surface area contributed by atoms with Crippen LogP contribution in [0, 0.1) is 0 Å². The summed E-state index contributed by atoms with van der Waals surface area (Å²) in [5, 5.41) is 0. The van der Waals surface area contributed by atoms with E-state index < -0.39 is 0 Å². The zero-order valence-electron chi connectivity index (χ0n) is 7.09. The van der Waals surface area contributed by atoms with Gasteiger partial charge in [-0.2, -0.15) is 0 Å². The zero-order valence-corrected chi connectivity index (χ0v) is 7.09. The van der Waals surface area contributed by atoms with E-state index in [1.54, 1.807) is 0 Å². The monoisotopic (exact) mass is 153 g/mol. The van der Waals surface area contributed by atoms with E-state index in [1.807, 2.05) is 6.20 Å². The lowest BCUT2D eigenvalue weighted by Gasteiger charge is -1.97. The van der Waals surface area contributed by atoms with Gasteiger partial charge in [-0.15, -0.1) is 0 Å². The van der Waals surface area contributed by atoms with Crippen LogP contribution in [0.25, 0.3) is 0 Å². The van der Waals surface area contributed by atoms with Crippen molar-refractivity contribution < 1.29 is 0 Å². The minimum Gasteiger partial charge on any atom is -0.346 e. The van der Waals surface area contributed by atoms with Gasteiger partial charge in [0.2, 0.25) is 0 Å². The summed E-state index contributed by atoms with van der Waals surface area (Å²) in [6, 6.07) is 0. The highest BCUT2D eigenvalue weighted by Crippen LogP contribution is 2.10. The predicted molar refractivity (Wildman–Crippen MR) is 45.4 cm³/mol. The SMILES string of the molecule is CC(C)c1cnc(CCN)[nH]1. The van der Waals surface area contributed by atoms with Crippen LogP contribution in [0.15, 0.2) is 6.20 Å². The molecule has 0 bridgehead atoms. The highest BCUT2D eigenvalue weighted by molar-refractivity contribution is 5.05. The summed E-state index contributed by atoms with van der Waals surface area (Å²) in [6.45, 7) is 4.94. The second-order valence-corrected chi connectivity index (χ2v) is 2.98. The molecule has 0 aliphatic heterocycles. The summed E-state index contributed by atoms with van der Waals surface area (Å²) in [6.07, 6.45) is 2.72. The molecule has 0 aliphatic rings. The normalized spacial score (nSPS) is 10.9. The molecular weight excluding hydrogens is 138 g/mol. The van der Waals surface area contributed by atoms with Crippen LogP contribution in [-0.2, 0) is 6.42 Å². The summed E-state index contributed by atoms with van der Waals surface area (Å²) in [5.41, 5.74) is 6.57. The van der Waals surface area contributed by atoms with Gasteiger partial charge in [0, 0.05) is 18.3 Å². The molecule has 3 nitrogen and oxygen atoms in total. The van der Waals surface area contributed by atoms with Gasteiger partial charge in [-0.3, -0.25) is 0 Å². The number of H-pyrrole nitrogens is 1. The number of nitrogens with zero attached hydrogens (tertiary/aromatic N) is 1. The molecule has 62 valence electrons. The van der Waals surface area contributed by atoms with Crippen LogP contribution >= 0.6 is 0 Å². The summed E-state index contributed by atoms with van der Waals surface area (Å²) >= 11 is 0. The molecule has 0 atom stereocenters. The Morgan fingerprint density at radius 2 is 2.36 bits per heavy atom. The fourth-order valence-electron chi connectivity index (χ4n) is 0.936. The summed E-state index contributed by atoms with van der Waals surface area (Å²) in [7, 11) is 0. The molecule has 1 rings (SSSR count). The molecule has 1 heterocycles. The molecule has 3 N–H and O–H groups in total. The van der Waals surface area contributed by atoms with E-state index in [9.17, 15) is 0 Å². The number of aromatic amines is 1. The van der Waals surface area contributed by atoms with Crippen LogP contribution in [-0.4, -0.2) is 16.5 Å². The van der Waals surface area contributed by atoms with Gasteiger partial charge in [-0.05, 0) is 12.5 Å². The average Bonchev–Trinajstić information content (AvgIpc) is 2.37. The number of imidazole rings is 1. The van der Waals surface area contributed by atoms with Crippen molar-refractivity contribution in [3.05, 3.63) is 17.7 Å². The maximum Gasteiger partial charge on any atom is 0.107 e. The maximum atomic E-state index is 5.39. The topological polar surface area (TPSA) is 54.7 Å². The first-order chi connectivity index (χ1) is 5.24. The molecule has 0 fully saturated rings. The highest BCUT2D eigenvalue weighted by atomic mass is 14.9. The van der Waals surface area contributed by atoms with Crippen LogP contribution in [0.1, 0.15) is 31.3 Å². The summed E-state index contributed by atoms with van der Waals surface area (Å²) in [5.74, 6) is 1.52. The van der Waals surface area contributed by atoms with Gasteiger partial charge in [-0.1, -0.05) is 13.8 Å². The minimum absolute atomic E-state index is 0.522. The van der Waals surface area contributed by atoms with Crippen molar-refractivity contribution >= 4 is 0 Å². The molecule has 0 amide bonds. The molecule has 0 aromatic carbocycles. The Labute approximate surface area is 67.0 Å². The molecule has 11 heavy (non-hydrogen) atoms. The second-order valence-electron chi connectivity index (χ2n) is 2.98. The molecule has 0 spiro atoms. The summed E-state index contributed by atoms with van der Waals surface area (Å²) < 4.78 is 0. The van der Waals surface area contributed by atoms with Crippen molar-refractivity contribution in [2.75, 3.05) is 6.54 Å². The Kier molecular flexibility index (Phi) is 2.65. The van der Waals surface area contributed by atoms with Gasteiger partial charge < -0.3 is 10.7 Å². The fraction of sp³-hybridized carbons (Fsp3) is 0.625. The van der Waals surface area contributed by atoms with E-state index in [-0.39, 0.29) is 0 Å². The van der Waals surface area contributed by atoms with Crippen LogP contribution in [0.5, 0.6) is 0 Å². The van der Waals surface area contributed by atoms with E-state index in [0.717, 1.165) is 12.2 Å². The zero-order chi connectivity index (χ0) is 8.27. The van der Waals surface area contributed by atoms with E-state index in [1.165, 1.54) is 5.69 Å². The van der Waals surface area contributed by atoms with Crippen molar-refractivity contribution in [1.82, 2.24) is 9.97 Å². The van der Waals surface area contributed by atoms with Gasteiger partial charge in [0.1, 0.15) is 5.82 Å². The molecular formula is C8H15N3. The first-order valence-corrected chi connectivity index (χ1v) is 3.98. The number of hydrogen-bond donors (Lipinski definition) is 2. The van der Waals surface area contributed by atoms with Crippen molar-refractivity contribution in [1.29, 1.82) is 0 Å². The smallest absolute Gasteiger partial charge is 0.107 e. The van der Waals surface area contributed by atoms with Gasteiger partial charge in [0.25, 0.3) is 0 Å². The predicted octanol–water partition coefficient (Wildman–Crippen LogP) is 1.03. The largest absolute Gasteiger partial charge is 0.346 e. The molecule has 0 saturated heterocycles. The van der Waals surface area contributed by atoms with Crippen LogP contribution in [0.4, 0.5) is 0 Å². The van der Waals surface area contributed by atoms with E-state index >= 15 is 0 Å². The molecule has 0 radical (unpaired) electrons. The van der Waals surface area contributed by atoms with Crippen molar-refractivity contribution in [2.45, 2.75) is 26.2 Å². The quantitative estimate of drug-likeness (QED) is 0.681. The Balaban J connectivity index is 2.66. The van der Waals surface area contributed by atoms with Crippen molar-refractivity contribution in [3.8, 4) is 0 Å². The van der Waals surface area contributed by atoms with E-state index in [2.05, 4.69) is 23.8 Å². The third-order valence-electron chi connectivity index (χ3n) is 1.65. The Morgan fingerprint density at radius 1 is 1.64 bits per heavy atom. The lowest BCUT2D eigenvalue weighted by molar-refractivity contribution is 0.815. The van der Waals surface area contributed by atoms with Gasteiger partial charge in [0.15, 0.2) is 0 Å². The first-order valence-electron chi connectivity index (χ1n) is 3.98. The lowest BCUT2D eigenvalue weighted by atomic mass is 10.2. The Morgan fingerprint density at radius 3 is 2.82 bits per heavy atom. The third kappa shape index (κ3) is 2.05. The Bertz CT molecular complexity index is 215. The second kappa shape index (κ2) is 3.53. The molecule has 0 saturated carbocycles. The highest BCUT2D eigenvalue weighted by Gasteiger charge is 2.02. The molecule has 3 heteroatoms. The lowest BCUT2D eigenvalue weighted by Crippen LogP contribution is -2.04. The number of nitrogens with two attached hydrogens (primary N) is 1. The van der Waals surface area contributed by atoms with Crippen molar-refractivity contribution in [2.24, 2.45) is 5.73 Å². The van der Waals surface area contributed by atoms with Gasteiger partial charge in [0.05, 0.1) is 0 Å². The van der Waals surface area contributed by atoms with Crippen molar-refractivity contribution in [3.63, 3.8) is 0 Å². The van der Waals surface area contributed by atoms with Gasteiger partial charge >= 0.3 is 0 Å². The Hall–Kier alpha value is -0.830. The number of aromatic nitrogens is 2. The maximum absolute atomic E-state index is 5.39. The summed E-state index contributed by atoms with van der Waals surface area (Å²) in [4.78, 5) is 7.41. The molecule has 1 aromatic heterocycles. The van der Waals surface area contributed by atoms with Crippen LogP contribution < -0.4 is 5.73 Å². The molecule has 0 aliphatic carbocycles. The number of rotatable bonds is 3. The van der Waals surface area contributed by atoms with E-state index in [4.69, 9.17) is 5.73 Å².